The van der Waals surface area contributed by atoms with Gasteiger partial charge in [0.1, 0.15) is 0 Å². The first-order valence-corrected chi connectivity index (χ1v) is 6.39. The van der Waals surface area contributed by atoms with Crippen molar-refractivity contribution in [3.8, 4) is 12.0 Å². The van der Waals surface area contributed by atoms with Gasteiger partial charge in [-0.05, 0) is 42.2 Å². The molecular formula is C12H14ClN3O2. The molecule has 0 spiro atoms. The summed E-state index contributed by atoms with van der Waals surface area (Å²) in [4.78, 5) is 11.7. The Bertz CT molecular complexity index is 480. The summed E-state index contributed by atoms with van der Waals surface area (Å²) in [6, 6.07) is 0.413. The smallest absolute Gasteiger partial charge is 0.323 e. The molecule has 1 aromatic rings. The third-order valence-corrected chi connectivity index (χ3v) is 3.76. The quantitative estimate of drug-likeness (QED) is 0.782. The molecule has 18 heavy (non-hydrogen) atoms. The Hall–Kier alpha value is -1.36. The van der Waals surface area contributed by atoms with E-state index >= 15 is 0 Å². The number of halogens is 1. The third-order valence-electron chi connectivity index (χ3n) is 3.59. The SMILES string of the molecule is COc1nc(Cl)nc(OCC2C[C@@H]3C=C[C@H]2C3)n1. The van der Waals surface area contributed by atoms with Gasteiger partial charge in [0, 0.05) is 0 Å². The lowest BCUT2D eigenvalue weighted by Crippen LogP contribution is -2.17. The molecule has 0 saturated heterocycles. The minimum atomic E-state index is 0.0877. The van der Waals surface area contributed by atoms with Gasteiger partial charge in [0.2, 0.25) is 5.28 Å². The fraction of sp³-hybridized carbons (Fsp3) is 0.583. The summed E-state index contributed by atoms with van der Waals surface area (Å²) in [6.45, 7) is 0.620. The van der Waals surface area contributed by atoms with Crippen molar-refractivity contribution in [1.82, 2.24) is 15.0 Å². The van der Waals surface area contributed by atoms with Gasteiger partial charge < -0.3 is 9.47 Å². The van der Waals surface area contributed by atoms with Crippen LogP contribution in [0.3, 0.4) is 0 Å². The Kier molecular flexibility index (Phi) is 3.07. The van der Waals surface area contributed by atoms with Crippen LogP contribution in [-0.4, -0.2) is 28.7 Å². The second-order valence-corrected chi connectivity index (χ2v) is 5.06. The predicted molar refractivity (Wildman–Crippen MR) is 65.7 cm³/mol. The average molecular weight is 268 g/mol. The van der Waals surface area contributed by atoms with E-state index in [9.17, 15) is 0 Å². The van der Waals surface area contributed by atoms with Gasteiger partial charge in [-0.3, -0.25) is 0 Å². The van der Waals surface area contributed by atoms with Crippen LogP contribution in [0.1, 0.15) is 12.8 Å². The number of allylic oxidation sites excluding steroid dienone is 2. The van der Waals surface area contributed by atoms with E-state index < -0.39 is 0 Å². The fourth-order valence-electron chi connectivity index (χ4n) is 2.74. The number of hydrogen-bond acceptors (Lipinski definition) is 5. The summed E-state index contributed by atoms with van der Waals surface area (Å²) in [5.41, 5.74) is 0. The van der Waals surface area contributed by atoms with Crippen LogP contribution in [-0.2, 0) is 0 Å². The Morgan fingerprint density at radius 3 is 2.72 bits per heavy atom. The number of hydrogen-bond donors (Lipinski definition) is 0. The number of aromatic nitrogens is 3. The van der Waals surface area contributed by atoms with Gasteiger partial charge in [-0.2, -0.15) is 9.97 Å². The lowest BCUT2D eigenvalue weighted by Gasteiger charge is -2.17. The Labute approximate surface area is 110 Å². The minimum Gasteiger partial charge on any atom is -0.467 e. The fourth-order valence-corrected chi connectivity index (χ4v) is 2.88. The molecule has 0 aliphatic heterocycles. The van der Waals surface area contributed by atoms with Crippen molar-refractivity contribution in [3.05, 3.63) is 17.4 Å². The van der Waals surface area contributed by atoms with E-state index in [1.165, 1.54) is 20.0 Å². The highest BCUT2D eigenvalue weighted by Gasteiger charge is 2.36. The van der Waals surface area contributed by atoms with Crippen molar-refractivity contribution in [3.63, 3.8) is 0 Å². The van der Waals surface area contributed by atoms with Gasteiger partial charge in [-0.1, -0.05) is 12.2 Å². The van der Waals surface area contributed by atoms with Crippen LogP contribution in [0, 0.1) is 17.8 Å². The number of fused-ring (bicyclic) bond motifs is 2. The normalized spacial score (nSPS) is 28.7. The average Bonchev–Trinajstić information content (AvgIpc) is 2.97. The molecule has 1 aromatic heterocycles. The maximum atomic E-state index is 5.75. The summed E-state index contributed by atoms with van der Waals surface area (Å²) in [7, 11) is 1.48. The Morgan fingerprint density at radius 1 is 1.22 bits per heavy atom. The number of nitrogens with zero attached hydrogens (tertiary/aromatic N) is 3. The van der Waals surface area contributed by atoms with Crippen LogP contribution in [0.2, 0.25) is 5.28 Å². The molecule has 1 fully saturated rings. The van der Waals surface area contributed by atoms with Gasteiger partial charge in [-0.25, -0.2) is 0 Å². The first kappa shape index (κ1) is 11.7. The summed E-state index contributed by atoms with van der Waals surface area (Å²) in [5.74, 6) is 1.94. The highest BCUT2D eigenvalue weighted by molar-refractivity contribution is 6.28. The van der Waals surface area contributed by atoms with Crippen LogP contribution in [0.5, 0.6) is 12.0 Å². The molecule has 3 atom stereocenters. The number of rotatable bonds is 4. The van der Waals surface area contributed by atoms with Crippen molar-refractivity contribution < 1.29 is 9.47 Å². The van der Waals surface area contributed by atoms with Crippen LogP contribution in [0.15, 0.2) is 12.2 Å². The molecule has 5 nitrogen and oxygen atoms in total. The standard InChI is InChI=1S/C12H14ClN3O2/c1-17-11-14-10(13)15-12(16-11)18-6-9-5-7-2-3-8(9)4-7/h2-3,7-9H,4-6H2,1H3/t7-,8+,9?/m1/s1. The molecule has 3 rings (SSSR count). The van der Waals surface area contributed by atoms with Crippen molar-refractivity contribution in [2.45, 2.75) is 12.8 Å². The van der Waals surface area contributed by atoms with Gasteiger partial charge in [0.25, 0.3) is 0 Å². The lowest BCUT2D eigenvalue weighted by molar-refractivity contribution is 0.208. The zero-order valence-corrected chi connectivity index (χ0v) is 10.8. The third kappa shape index (κ3) is 2.27. The summed E-state index contributed by atoms with van der Waals surface area (Å²) in [6.07, 6.45) is 7.06. The van der Waals surface area contributed by atoms with Crippen molar-refractivity contribution >= 4 is 11.6 Å². The highest BCUT2D eigenvalue weighted by atomic mass is 35.5. The zero-order chi connectivity index (χ0) is 12.5. The first-order chi connectivity index (χ1) is 8.74. The predicted octanol–water partition coefficient (Wildman–Crippen LogP) is 2.12. The molecule has 1 saturated carbocycles. The molecule has 1 heterocycles. The molecular weight excluding hydrogens is 254 g/mol. The van der Waals surface area contributed by atoms with E-state index in [1.807, 2.05) is 0 Å². The first-order valence-electron chi connectivity index (χ1n) is 6.01. The van der Waals surface area contributed by atoms with E-state index in [-0.39, 0.29) is 17.3 Å². The molecule has 96 valence electrons. The maximum absolute atomic E-state index is 5.75. The molecule has 0 radical (unpaired) electrons. The van der Waals surface area contributed by atoms with Gasteiger partial charge in [0.05, 0.1) is 13.7 Å². The van der Waals surface area contributed by atoms with Gasteiger partial charge >= 0.3 is 12.0 Å². The summed E-state index contributed by atoms with van der Waals surface area (Å²) in [5, 5.41) is 0.0877. The molecule has 1 unspecified atom stereocenters. The van der Waals surface area contributed by atoms with Crippen molar-refractivity contribution in [2.75, 3.05) is 13.7 Å². The molecule has 2 aliphatic carbocycles. The summed E-state index contributed by atoms with van der Waals surface area (Å²) < 4.78 is 10.5. The molecule has 0 N–H and O–H groups in total. The van der Waals surface area contributed by atoms with E-state index in [1.54, 1.807) is 0 Å². The van der Waals surface area contributed by atoms with E-state index in [0.29, 0.717) is 18.4 Å². The topological polar surface area (TPSA) is 57.1 Å². The summed E-state index contributed by atoms with van der Waals surface area (Å²) >= 11 is 5.75. The Morgan fingerprint density at radius 2 is 2.06 bits per heavy atom. The van der Waals surface area contributed by atoms with Gasteiger partial charge in [0.15, 0.2) is 0 Å². The van der Waals surface area contributed by atoms with Crippen LogP contribution < -0.4 is 9.47 Å². The molecule has 0 aromatic carbocycles. The molecule has 6 heteroatoms. The zero-order valence-electron chi connectivity index (χ0n) is 10.0. The van der Waals surface area contributed by atoms with Crippen LogP contribution >= 0.6 is 11.6 Å². The maximum Gasteiger partial charge on any atom is 0.323 e. The second-order valence-electron chi connectivity index (χ2n) is 4.73. The van der Waals surface area contributed by atoms with E-state index in [4.69, 9.17) is 21.1 Å². The largest absolute Gasteiger partial charge is 0.467 e. The van der Waals surface area contributed by atoms with Crippen LogP contribution in [0.25, 0.3) is 0 Å². The Balaban J connectivity index is 1.63. The van der Waals surface area contributed by atoms with Gasteiger partial charge in [-0.15, -0.1) is 4.98 Å². The molecule has 2 aliphatic rings. The van der Waals surface area contributed by atoms with Crippen LogP contribution in [0.4, 0.5) is 0 Å². The molecule has 2 bridgehead atoms. The second kappa shape index (κ2) is 4.72. The molecule has 0 amide bonds. The minimum absolute atomic E-state index is 0.0877. The van der Waals surface area contributed by atoms with E-state index in [0.717, 1.165) is 5.92 Å². The van der Waals surface area contributed by atoms with Crippen molar-refractivity contribution in [2.24, 2.45) is 17.8 Å². The highest BCUT2D eigenvalue weighted by Crippen LogP contribution is 2.43. The number of ether oxygens (including phenoxy) is 2. The lowest BCUT2D eigenvalue weighted by atomic mass is 9.95. The number of methoxy groups -OCH3 is 1. The monoisotopic (exact) mass is 267 g/mol. The van der Waals surface area contributed by atoms with E-state index in [2.05, 4.69) is 27.1 Å². The van der Waals surface area contributed by atoms with Crippen molar-refractivity contribution in [1.29, 1.82) is 0 Å².